The third-order valence-corrected chi connectivity index (χ3v) is 4.73. The summed E-state index contributed by atoms with van der Waals surface area (Å²) in [6, 6.07) is 9.21. The first-order chi connectivity index (χ1) is 8.65. The van der Waals surface area contributed by atoms with Gasteiger partial charge in [-0.15, -0.1) is 0 Å². The van der Waals surface area contributed by atoms with Gasteiger partial charge in [-0.2, -0.15) is 0 Å². The van der Waals surface area contributed by atoms with Crippen LogP contribution < -0.4 is 10.2 Å². The molecule has 1 N–H and O–H groups in total. The zero-order chi connectivity index (χ0) is 13.2. The summed E-state index contributed by atoms with van der Waals surface area (Å²) in [5, 5.41) is 3.35. The minimum absolute atomic E-state index is 0.416. The van der Waals surface area contributed by atoms with Crippen LogP contribution in [-0.2, 0) is 0 Å². The topological polar surface area (TPSA) is 15.3 Å². The molecule has 1 aliphatic heterocycles. The van der Waals surface area contributed by atoms with Crippen LogP contribution in [-0.4, -0.2) is 20.1 Å². The first-order valence-electron chi connectivity index (χ1n) is 7.17. The summed E-state index contributed by atoms with van der Waals surface area (Å²) in [5.74, 6) is 0. The van der Waals surface area contributed by atoms with E-state index in [1.54, 1.807) is 0 Å². The van der Waals surface area contributed by atoms with Crippen LogP contribution in [0.3, 0.4) is 0 Å². The number of hydrogen-bond acceptors (Lipinski definition) is 2. The van der Waals surface area contributed by atoms with Crippen molar-refractivity contribution in [3.8, 4) is 0 Å². The molecule has 1 saturated heterocycles. The van der Waals surface area contributed by atoms with Crippen LogP contribution >= 0.6 is 0 Å². The predicted octanol–water partition coefficient (Wildman–Crippen LogP) is 3.59. The Hall–Kier alpha value is -1.02. The van der Waals surface area contributed by atoms with Crippen molar-refractivity contribution < 1.29 is 0 Å². The SMILES string of the molecule is CCC1(CC)CN(c2ccccc2C(C)NC)C1. The molecule has 1 heterocycles. The second-order valence-corrected chi connectivity index (χ2v) is 5.63. The Morgan fingerprint density at radius 1 is 1.22 bits per heavy atom. The first kappa shape index (κ1) is 13.4. The maximum absolute atomic E-state index is 3.35. The second-order valence-electron chi connectivity index (χ2n) is 5.63. The third kappa shape index (κ3) is 2.26. The van der Waals surface area contributed by atoms with E-state index in [0.717, 1.165) is 0 Å². The van der Waals surface area contributed by atoms with Crippen molar-refractivity contribution in [1.82, 2.24) is 5.32 Å². The molecule has 2 nitrogen and oxygen atoms in total. The van der Waals surface area contributed by atoms with Crippen LogP contribution in [0.25, 0.3) is 0 Å². The standard InChI is InChI=1S/C16H26N2/c1-5-16(6-2)11-18(12-16)15-10-8-7-9-14(15)13(3)17-4/h7-10,13,17H,5-6,11-12H2,1-4H3. The van der Waals surface area contributed by atoms with Crippen LogP contribution in [0.1, 0.15) is 45.2 Å². The maximum atomic E-state index is 3.35. The summed E-state index contributed by atoms with van der Waals surface area (Å²) in [5.41, 5.74) is 3.40. The lowest BCUT2D eigenvalue weighted by Gasteiger charge is -2.52. The molecule has 0 bridgehead atoms. The Balaban J connectivity index is 2.16. The van der Waals surface area contributed by atoms with E-state index in [-0.39, 0.29) is 0 Å². The molecule has 0 radical (unpaired) electrons. The lowest BCUT2D eigenvalue weighted by Crippen LogP contribution is -2.56. The van der Waals surface area contributed by atoms with Crippen molar-refractivity contribution in [3.63, 3.8) is 0 Å². The van der Waals surface area contributed by atoms with Gasteiger partial charge in [-0.3, -0.25) is 0 Å². The number of hydrogen-bond donors (Lipinski definition) is 1. The van der Waals surface area contributed by atoms with Gasteiger partial charge in [0, 0.05) is 30.2 Å². The largest absolute Gasteiger partial charge is 0.370 e. The number of benzene rings is 1. The fraction of sp³-hybridized carbons (Fsp3) is 0.625. The van der Waals surface area contributed by atoms with Crippen molar-refractivity contribution in [3.05, 3.63) is 29.8 Å². The van der Waals surface area contributed by atoms with Gasteiger partial charge in [0.15, 0.2) is 0 Å². The van der Waals surface area contributed by atoms with E-state index < -0.39 is 0 Å². The van der Waals surface area contributed by atoms with Crippen molar-refractivity contribution in [2.24, 2.45) is 5.41 Å². The Morgan fingerprint density at radius 2 is 1.83 bits per heavy atom. The van der Waals surface area contributed by atoms with Crippen LogP contribution in [0.15, 0.2) is 24.3 Å². The molecule has 1 aromatic carbocycles. The van der Waals surface area contributed by atoms with Crippen molar-refractivity contribution in [2.45, 2.75) is 39.7 Å². The molecule has 0 aromatic heterocycles. The van der Waals surface area contributed by atoms with Gasteiger partial charge in [0.1, 0.15) is 0 Å². The zero-order valence-electron chi connectivity index (χ0n) is 12.2. The van der Waals surface area contributed by atoms with E-state index in [9.17, 15) is 0 Å². The molecule has 1 aliphatic rings. The van der Waals surface area contributed by atoms with Gasteiger partial charge in [0.05, 0.1) is 0 Å². The van der Waals surface area contributed by atoms with E-state index in [2.05, 4.69) is 55.3 Å². The number of para-hydroxylation sites is 1. The molecule has 2 rings (SSSR count). The quantitative estimate of drug-likeness (QED) is 0.854. The highest BCUT2D eigenvalue weighted by Gasteiger charge is 2.40. The van der Waals surface area contributed by atoms with Crippen LogP contribution in [0.4, 0.5) is 5.69 Å². The smallest absolute Gasteiger partial charge is 0.0415 e. The summed E-state index contributed by atoms with van der Waals surface area (Å²) in [7, 11) is 2.03. The van der Waals surface area contributed by atoms with Crippen molar-refractivity contribution >= 4 is 5.69 Å². The van der Waals surface area contributed by atoms with E-state index in [0.29, 0.717) is 11.5 Å². The molecule has 18 heavy (non-hydrogen) atoms. The van der Waals surface area contributed by atoms with Gasteiger partial charge in [-0.25, -0.2) is 0 Å². The van der Waals surface area contributed by atoms with Gasteiger partial charge in [-0.1, -0.05) is 32.0 Å². The molecule has 1 fully saturated rings. The molecular weight excluding hydrogens is 220 g/mol. The van der Waals surface area contributed by atoms with E-state index in [1.807, 2.05) is 7.05 Å². The summed E-state index contributed by atoms with van der Waals surface area (Å²) < 4.78 is 0. The number of anilines is 1. The minimum atomic E-state index is 0.416. The molecule has 1 aromatic rings. The van der Waals surface area contributed by atoms with E-state index in [1.165, 1.54) is 37.2 Å². The van der Waals surface area contributed by atoms with E-state index in [4.69, 9.17) is 0 Å². The lowest BCUT2D eigenvalue weighted by atomic mass is 9.74. The van der Waals surface area contributed by atoms with Crippen LogP contribution in [0.5, 0.6) is 0 Å². The maximum Gasteiger partial charge on any atom is 0.0415 e. The van der Waals surface area contributed by atoms with E-state index >= 15 is 0 Å². The predicted molar refractivity (Wildman–Crippen MR) is 79.1 cm³/mol. The Bertz CT molecular complexity index is 388. The number of rotatable bonds is 5. The average Bonchev–Trinajstić information content (AvgIpc) is 2.38. The summed E-state index contributed by atoms with van der Waals surface area (Å²) >= 11 is 0. The molecule has 1 unspecified atom stereocenters. The molecule has 0 spiro atoms. The zero-order valence-corrected chi connectivity index (χ0v) is 12.2. The number of nitrogens with one attached hydrogen (secondary N) is 1. The Kier molecular flexibility index (Phi) is 3.96. The highest BCUT2D eigenvalue weighted by Crippen LogP contribution is 2.41. The molecule has 2 heteroatoms. The van der Waals surface area contributed by atoms with Crippen LogP contribution in [0, 0.1) is 5.41 Å². The second kappa shape index (κ2) is 5.31. The number of nitrogens with zero attached hydrogens (tertiary/aromatic N) is 1. The highest BCUT2D eigenvalue weighted by molar-refractivity contribution is 5.57. The van der Waals surface area contributed by atoms with Gasteiger partial charge >= 0.3 is 0 Å². The monoisotopic (exact) mass is 246 g/mol. The highest BCUT2D eigenvalue weighted by atomic mass is 15.2. The van der Waals surface area contributed by atoms with Gasteiger partial charge in [-0.05, 0) is 38.4 Å². The summed E-state index contributed by atoms with van der Waals surface area (Å²) in [4.78, 5) is 2.54. The molecule has 0 saturated carbocycles. The molecule has 100 valence electrons. The van der Waals surface area contributed by atoms with Gasteiger partial charge in [0.2, 0.25) is 0 Å². The van der Waals surface area contributed by atoms with Crippen molar-refractivity contribution in [2.75, 3.05) is 25.0 Å². The van der Waals surface area contributed by atoms with Gasteiger partial charge < -0.3 is 10.2 Å². The Morgan fingerprint density at radius 3 is 2.39 bits per heavy atom. The third-order valence-electron chi connectivity index (χ3n) is 4.73. The first-order valence-corrected chi connectivity index (χ1v) is 7.17. The summed E-state index contributed by atoms with van der Waals surface area (Å²) in [6.07, 6.45) is 2.59. The minimum Gasteiger partial charge on any atom is -0.370 e. The molecule has 1 atom stereocenters. The lowest BCUT2D eigenvalue weighted by molar-refractivity contribution is 0.194. The fourth-order valence-corrected chi connectivity index (χ4v) is 2.93. The molecule has 0 aliphatic carbocycles. The average molecular weight is 246 g/mol. The summed E-state index contributed by atoms with van der Waals surface area (Å²) in [6.45, 7) is 9.30. The van der Waals surface area contributed by atoms with Gasteiger partial charge in [0.25, 0.3) is 0 Å². The molecule has 0 amide bonds. The molecular formula is C16H26N2. The fourth-order valence-electron chi connectivity index (χ4n) is 2.93. The Labute approximate surface area is 111 Å². The normalized spacial score (nSPS) is 19.4. The van der Waals surface area contributed by atoms with Crippen molar-refractivity contribution in [1.29, 1.82) is 0 Å². The van der Waals surface area contributed by atoms with Crippen LogP contribution in [0.2, 0.25) is 0 Å².